The van der Waals surface area contributed by atoms with Crippen molar-refractivity contribution in [2.24, 2.45) is 0 Å². The molecule has 2 aliphatic heterocycles. The Morgan fingerprint density at radius 1 is 0.700 bits per heavy atom. The molecule has 2 heterocycles. The van der Waals surface area contributed by atoms with E-state index in [1.54, 1.807) is 36.4 Å². The van der Waals surface area contributed by atoms with Gasteiger partial charge in [0.05, 0.1) is 21.2 Å². The van der Waals surface area contributed by atoms with Crippen LogP contribution >= 0.6 is 48.0 Å². The van der Waals surface area contributed by atoms with Gasteiger partial charge in [0.2, 0.25) is 11.8 Å². The second kappa shape index (κ2) is 13.3. The summed E-state index contributed by atoms with van der Waals surface area (Å²) in [6.07, 6.45) is 0.840. The zero-order chi connectivity index (χ0) is 28.8. The first-order chi connectivity index (χ1) is 19.2. The number of hydrogen-bond acceptors (Lipinski definition) is 10. The Kier molecular flexibility index (Phi) is 9.79. The van der Waals surface area contributed by atoms with Gasteiger partial charge in [-0.2, -0.15) is 0 Å². The van der Waals surface area contributed by atoms with E-state index in [2.05, 4.69) is 10.6 Å². The second-order valence-electron chi connectivity index (χ2n) is 8.65. The Labute approximate surface area is 249 Å². The topological polar surface area (TPSA) is 139 Å². The van der Waals surface area contributed by atoms with Crippen molar-refractivity contribution in [3.05, 3.63) is 58.3 Å². The Bertz CT molecular complexity index is 1320. The standard InChI is InChI=1S/C26H24N4O6S4/c31-17-9-3-1-7-15(17)27-19(33)11-5-13-29-23(35)21(39-25(29)37)22-24(36)30(26(38)40-22)14-6-12-20(34)28-16-8-2-4-10-18(16)32/h1-4,7-10,31-32H,5-6,11-14H2,(H,27,33)(H,28,34)/b22-21+. The summed E-state index contributed by atoms with van der Waals surface area (Å²) < 4.78 is 0.569. The number of nitrogens with zero attached hydrogens (tertiary/aromatic N) is 2. The van der Waals surface area contributed by atoms with Crippen LogP contribution in [0.15, 0.2) is 58.3 Å². The second-order valence-corrected chi connectivity index (χ2v) is 11.9. The zero-order valence-electron chi connectivity index (χ0n) is 20.9. The molecule has 2 aliphatic rings. The fourth-order valence-corrected chi connectivity index (χ4v) is 6.61. The first-order valence-electron chi connectivity index (χ1n) is 12.1. The van der Waals surface area contributed by atoms with E-state index < -0.39 is 11.8 Å². The Morgan fingerprint density at radius 2 is 1.07 bits per heavy atom. The van der Waals surface area contributed by atoms with Crippen molar-refractivity contribution >= 4 is 91.6 Å². The SMILES string of the molecule is O=C(CCCN1C(=O)/C(=C2\SC(=S)N(CCCC(=O)Nc3ccccc3O)C2=O)SC1=S)Nc1ccccc1O. The molecule has 0 atom stereocenters. The van der Waals surface area contributed by atoms with Crippen LogP contribution in [0, 0.1) is 0 Å². The molecular formula is C26H24N4O6S4. The molecule has 4 rings (SSSR count). The lowest BCUT2D eigenvalue weighted by atomic mass is 10.2. The molecule has 4 N–H and O–H groups in total. The molecule has 208 valence electrons. The van der Waals surface area contributed by atoms with E-state index in [9.17, 15) is 29.4 Å². The maximum atomic E-state index is 13.1. The number of thiocarbonyl (C=S) groups is 2. The number of carbonyl (C=O) groups excluding carboxylic acids is 4. The van der Waals surface area contributed by atoms with Gasteiger partial charge in [-0.05, 0) is 37.1 Å². The van der Waals surface area contributed by atoms with E-state index in [1.807, 2.05) is 0 Å². The van der Waals surface area contributed by atoms with Crippen LogP contribution in [0.2, 0.25) is 0 Å². The highest BCUT2D eigenvalue weighted by molar-refractivity contribution is 8.29. The van der Waals surface area contributed by atoms with E-state index in [0.29, 0.717) is 24.2 Å². The number of anilines is 2. The van der Waals surface area contributed by atoms with Crippen LogP contribution < -0.4 is 10.6 Å². The summed E-state index contributed by atoms with van der Waals surface area (Å²) >= 11 is 12.8. The number of nitrogens with one attached hydrogen (secondary N) is 2. The fraction of sp³-hybridized carbons (Fsp3) is 0.231. The molecule has 0 aromatic heterocycles. The van der Waals surface area contributed by atoms with Crippen LogP contribution in [0.25, 0.3) is 0 Å². The monoisotopic (exact) mass is 616 g/mol. The predicted octanol–water partition coefficient (Wildman–Crippen LogP) is 4.17. The third-order valence-electron chi connectivity index (χ3n) is 5.83. The molecule has 0 spiro atoms. The van der Waals surface area contributed by atoms with Crippen LogP contribution in [0.3, 0.4) is 0 Å². The molecule has 2 aromatic carbocycles. The number of rotatable bonds is 10. The Balaban J connectivity index is 1.28. The van der Waals surface area contributed by atoms with E-state index in [1.165, 1.54) is 21.9 Å². The summed E-state index contributed by atoms with van der Waals surface area (Å²) in [4.78, 5) is 53.8. The summed E-state index contributed by atoms with van der Waals surface area (Å²) in [5.41, 5.74) is 0.604. The van der Waals surface area contributed by atoms with Gasteiger partial charge in [0, 0.05) is 25.9 Å². The minimum Gasteiger partial charge on any atom is -0.506 e. The molecule has 0 saturated carbocycles. The molecule has 2 fully saturated rings. The molecule has 14 heteroatoms. The number of amides is 4. The summed E-state index contributed by atoms with van der Waals surface area (Å²) in [5.74, 6) is -1.55. The van der Waals surface area contributed by atoms with Gasteiger partial charge in [-0.3, -0.25) is 29.0 Å². The Hall–Kier alpha value is -3.46. The number of aromatic hydroxyl groups is 2. The molecule has 0 aliphatic carbocycles. The van der Waals surface area contributed by atoms with E-state index in [4.69, 9.17) is 24.4 Å². The van der Waals surface area contributed by atoms with Crippen molar-refractivity contribution in [3.63, 3.8) is 0 Å². The van der Waals surface area contributed by atoms with Gasteiger partial charge in [0.25, 0.3) is 11.8 Å². The average Bonchev–Trinajstić information content (AvgIpc) is 3.35. The summed E-state index contributed by atoms with van der Waals surface area (Å²) in [6, 6.07) is 12.8. The number of para-hydroxylation sites is 4. The van der Waals surface area contributed by atoms with Gasteiger partial charge < -0.3 is 20.8 Å². The van der Waals surface area contributed by atoms with Crippen molar-refractivity contribution in [2.75, 3.05) is 23.7 Å². The summed E-state index contributed by atoms with van der Waals surface area (Å²) in [6.45, 7) is 0.378. The number of thioether (sulfide) groups is 2. The maximum Gasteiger partial charge on any atom is 0.267 e. The zero-order valence-corrected chi connectivity index (χ0v) is 24.2. The minimum absolute atomic E-state index is 0.0409. The first kappa shape index (κ1) is 29.5. The first-order valence-corrected chi connectivity index (χ1v) is 14.6. The van der Waals surface area contributed by atoms with Crippen molar-refractivity contribution < 1.29 is 29.4 Å². The van der Waals surface area contributed by atoms with Gasteiger partial charge in [0.1, 0.15) is 20.1 Å². The van der Waals surface area contributed by atoms with Crippen LogP contribution in [-0.2, 0) is 19.2 Å². The quantitative estimate of drug-likeness (QED) is 0.175. The predicted molar refractivity (Wildman–Crippen MR) is 163 cm³/mol. The van der Waals surface area contributed by atoms with Crippen molar-refractivity contribution in [1.29, 1.82) is 0 Å². The van der Waals surface area contributed by atoms with Crippen LogP contribution in [0.1, 0.15) is 25.7 Å². The van der Waals surface area contributed by atoms with Crippen LogP contribution in [0.5, 0.6) is 11.5 Å². The van der Waals surface area contributed by atoms with Crippen molar-refractivity contribution in [1.82, 2.24) is 9.80 Å². The molecule has 40 heavy (non-hydrogen) atoms. The maximum absolute atomic E-state index is 13.1. The molecule has 0 bridgehead atoms. The van der Waals surface area contributed by atoms with Gasteiger partial charge in [-0.15, -0.1) is 0 Å². The largest absolute Gasteiger partial charge is 0.506 e. The number of carbonyl (C=O) groups is 4. The number of phenols is 2. The van der Waals surface area contributed by atoms with Gasteiger partial charge in [0.15, 0.2) is 0 Å². The molecule has 0 unspecified atom stereocenters. The molecule has 10 nitrogen and oxygen atoms in total. The van der Waals surface area contributed by atoms with Crippen LogP contribution in [-0.4, -0.2) is 65.4 Å². The molecular weight excluding hydrogens is 593 g/mol. The highest BCUT2D eigenvalue weighted by Crippen LogP contribution is 2.42. The third-order valence-corrected chi connectivity index (χ3v) is 8.86. The number of phenolic OH excluding ortho intramolecular Hbond substituents is 2. The highest BCUT2D eigenvalue weighted by atomic mass is 32.2. The average molecular weight is 617 g/mol. The molecule has 0 radical (unpaired) electrons. The summed E-state index contributed by atoms with van der Waals surface area (Å²) in [7, 11) is 0. The van der Waals surface area contributed by atoms with Crippen molar-refractivity contribution in [2.45, 2.75) is 25.7 Å². The molecule has 2 saturated heterocycles. The highest BCUT2D eigenvalue weighted by Gasteiger charge is 2.41. The number of hydrogen-bond donors (Lipinski definition) is 4. The lowest BCUT2D eigenvalue weighted by molar-refractivity contribution is -0.124. The summed E-state index contributed by atoms with van der Waals surface area (Å²) in [5, 5.41) is 24.8. The van der Waals surface area contributed by atoms with E-state index >= 15 is 0 Å². The lowest BCUT2D eigenvalue weighted by Gasteiger charge is -2.15. The Morgan fingerprint density at radius 3 is 1.45 bits per heavy atom. The van der Waals surface area contributed by atoms with E-state index in [0.717, 1.165) is 23.5 Å². The van der Waals surface area contributed by atoms with Gasteiger partial charge >= 0.3 is 0 Å². The van der Waals surface area contributed by atoms with Gasteiger partial charge in [-0.1, -0.05) is 72.2 Å². The fourth-order valence-electron chi connectivity index (χ4n) is 3.84. The third kappa shape index (κ3) is 6.99. The molecule has 2 aromatic rings. The minimum atomic E-state index is -0.418. The lowest BCUT2D eigenvalue weighted by Crippen LogP contribution is -2.31. The van der Waals surface area contributed by atoms with Crippen LogP contribution in [0.4, 0.5) is 11.4 Å². The molecule has 4 amide bonds. The smallest absolute Gasteiger partial charge is 0.267 e. The normalized spacial score (nSPS) is 17.1. The van der Waals surface area contributed by atoms with Crippen molar-refractivity contribution in [3.8, 4) is 11.5 Å². The van der Waals surface area contributed by atoms with Gasteiger partial charge in [-0.25, -0.2) is 0 Å². The van der Waals surface area contributed by atoms with E-state index in [-0.39, 0.29) is 67.7 Å². The number of benzene rings is 2.